The van der Waals surface area contributed by atoms with Crippen LogP contribution in [0.4, 0.5) is 5.69 Å². The summed E-state index contributed by atoms with van der Waals surface area (Å²) in [5.41, 5.74) is 4.23. The van der Waals surface area contributed by atoms with Crippen LogP contribution in [0.15, 0.2) is 97.1 Å². The molecule has 0 unspecified atom stereocenters. The molecular formula is C31H28ClNO3. The average Bonchev–Trinajstić information content (AvgIpc) is 2.88. The van der Waals surface area contributed by atoms with Gasteiger partial charge >= 0.3 is 0 Å². The van der Waals surface area contributed by atoms with E-state index in [1.165, 1.54) is 5.56 Å². The molecular weight excluding hydrogens is 470 g/mol. The number of benzene rings is 4. The maximum absolute atomic E-state index is 13.0. The van der Waals surface area contributed by atoms with Crippen molar-refractivity contribution < 1.29 is 14.3 Å². The van der Waals surface area contributed by atoms with Gasteiger partial charge in [-0.2, -0.15) is 0 Å². The minimum atomic E-state index is -0.271. The lowest BCUT2D eigenvalue weighted by molar-refractivity contribution is 0.102. The minimum Gasteiger partial charge on any atom is -0.489 e. The number of nitrogens with one attached hydrogen (secondary N) is 1. The highest BCUT2D eigenvalue weighted by Gasteiger charge is 2.16. The summed E-state index contributed by atoms with van der Waals surface area (Å²) in [5.74, 6) is 0.273. The summed E-state index contributed by atoms with van der Waals surface area (Å²) in [6.07, 6.45) is 0. The number of anilines is 1. The van der Waals surface area contributed by atoms with Crippen molar-refractivity contribution in [2.24, 2.45) is 0 Å². The first-order valence-corrected chi connectivity index (χ1v) is 12.1. The number of rotatable bonds is 7. The topological polar surface area (TPSA) is 55.4 Å². The van der Waals surface area contributed by atoms with Crippen LogP contribution in [-0.4, -0.2) is 11.7 Å². The van der Waals surface area contributed by atoms with Crippen molar-refractivity contribution in [1.82, 2.24) is 0 Å². The van der Waals surface area contributed by atoms with Gasteiger partial charge in [0.25, 0.3) is 5.91 Å². The number of hydrogen-bond acceptors (Lipinski definition) is 3. The van der Waals surface area contributed by atoms with Crippen LogP contribution >= 0.6 is 11.6 Å². The fraction of sp³-hybridized carbons (Fsp3) is 0.161. The van der Waals surface area contributed by atoms with Gasteiger partial charge in [0.15, 0.2) is 5.78 Å². The van der Waals surface area contributed by atoms with E-state index in [0.717, 1.165) is 5.56 Å². The van der Waals surface area contributed by atoms with Crippen molar-refractivity contribution in [3.05, 3.63) is 130 Å². The lowest BCUT2D eigenvalue weighted by atomic mass is 9.86. The Hall–Kier alpha value is -3.89. The summed E-state index contributed by atoms with van der Waals surface area (Å²) in [5, 5.41) is 3.52. The van der Waals surface area contributed by atoms with Crippen molar-refractivity contribution in [3.63, 3.8) is 0 Å². The zero-order chi connectivity index (χ0) is 25.7. The van der Waals surface area contributed by atoms with E-state index < -0.39 is 0 Å². The lowest BCUT2D eigenvalue weighted by Crippen LogP contribution is -2.13. The summed E-state index contributed by atoms with van der Waals surface area (Å²) in [6, 6.07) is 29.0. The zero-order valence-electron chi connectivity index (χ0n) is 20.5. The molecule has 1 amide bonds. The maximum atomic E-state index is 13.0. The molecule has 0 heterocycles. The van der Waals surface area contributed by atoms with Gasteiger partial charge < -0.3 is 10.1 Å². The smallest absolute Gasteiger partial charge is 0.255 e. The van der Waals surface area contributed by atoms with Crippen LogP contribution < -0.4 is 10.1 Å². The van der Waals surface area contributed by atoms with Gasteiger partial charge in [-0.3, -0.25) is 9.59 Å². The van der Waals surface area contributed by atoms with Crippen molar-refractivity contribution in [2.45, 2.75) is 32.8 Å². The molecule has 0 atom stereocenters. The molecule has 0 saturated heterocycles. The van der Waals surface area contributed by atoms with E-state index in [1.54, 1.807) is 48.5 Å². The van der Waals surface area contributed by atoms with Gasteiger partial charge in [-0.1, -0.05) is 87.0 Å². The number of halogens is 1. The van der Waals surface area contributed by atoms with Crippen molar-refractivity contribution in [3.8, 4) is 5.75 Å². The normalized spacial score (nSPS) is 11.1. The van der Waals surface area contributed by atoms with Crippen LogP contribution in [-0.2, 0) is 12.0 Å². The Morgan fingerprint density at radius 3 is 2.11 bits per heavy atom. The maximum Gasteiger partial charge on any atom is 0.255 e. The Balaban J connectivity index is 1.40. The molecule has 0 saturated carbocycles. The number of hydrogen-bond donors (Lipinski definition) is 1. The molecule has 1 N–H and O–H groups in total. The summed E-state index contributed by atoms with van der Waals surface area (Å²) in [6.45, 7) is 6.75. The van der Waals surface area contributed by atoms with Crippen molar-refractivity contribution in [1.29, 1.82) is 0 Å². The third-order valence-electron chi connectivity index (χ3n) is 5.86. The van der Waals surface area contributed by atoms with E-state index >= 15 is 0 Å². The van der Waals surface area contributed by atoms with Gasteiger partial charge in [0, 0.05) is 33.0 Å². The Bertz CT molecular complexity index is 1370. The predicted octanol–water partition coefficient (Wildman–Crippen LogP) is 7.70. The Morgan fingerprint density at radius 2 is 1.44 bits per heavy atom. The van der Waals surface area contributed by atoms with Crippen LogP contribution in [0, 0.1) is 0 Å². The van der Waals surface area contributed by atoms with Gasteiger partial charge in [0.2, 0.25) is 0 Å². The van der Waals surface area contributed by atoms with Crippen LogP contribution in [0.5, 0.6) is 5.75 Å². The predicted molar refractivity (Wildman–Crippen MR) is 145 cm³/mol. The summed E-state index contributed by atoms with van der Waals surface area (Å²) < 4.78 is 5.78. The van der Waals surface area contributed by atoms with E-state index in [9.17, 15) is 9.59 Å². The molecule has 0 bridgehead atoms. The van der Waals surface area contributed by atoms with Gasteiger partial charge in [0.05, 0.1) is 0 Å². The first-order chi connectivity index (χ1) is 17.2. The second-order valence-electron chi connectivity index (χ2n) is 9.60. The van der Waals surface area contributed by atoms with Crippen molar-refractivity contribution in [2.75, 3.05) is 5.32 Å². The third-order valence-corrected chi connectivity index (χ3v) is 6.23. The molecule has 4 nitrogen and oxygen atoms in total. The highest BCUT2D eigenvalue weighted by atomic mass is 35.5. The number of ketones is 1. The summed E-state index contributed by atoms with van der Waals surface area (Å²) in [4.78, 5) is 25.8. The van der Waals surface area contributed by atoms with Crippen LogP contribution in [0.1, 0.15) is 58.2 Å². The standard InChI is InChI=1S/C31H28ClNO3/c1-31(2,3)25-15-11-21(12-16-25)29(34)23-8-6-9-26(19-23)33-30(35)22-13-17-27(18-14-22)36-20-24-7-4-5-10-28(24)32/h4-19H,20H2,1-3H3,(H,33,35). The molecule has 0 aromatic heterocycles. The van der Waals surface area contributed by atoms with Gasteiger partial charge in [-0.05, 0) is 53.4 Å². The second kappa shape index (κ2) is 10.8. The average molecular weight is 498 g/mol. The second-order valence-corrected chi connectivity index (χ2v) is 10.0. The molecule has 4 aromatic rings. The molecule has 4 aromatic carbocycles. The quantitative estimate of drug-likeness (QED) is 0.266. The monoisotopic (exact) mass is 497 g/mol. The Labute approximate surface area is 216 Å². The zero-order valence-corrected chi connectivity index (χ0v) is 21.3. The molecule has 4 rings (SSSR count). The Morgan fingerprint density at radius 1 is 0.778 bits per heavy atom. The van der Waals surface area contributed by atoms with Gasteiger partial charge in [0.1, 0.15) is 12.4 Å². The minimum absolute atomic E-state index is 0.0196. The van der Waals surface area contributed by atoms with Crippen LogP contribution in [0.3, 0.4) is 0 Å². The number of amides is 1. The summed E-state index contributed by atoms with van der Waals surface area (Å²) >= 11 is 6.17. The number of carbonyl (C=O) groups is 2. The summed E-state index contributed by atoms with van der Waals surface area (Å²) in [7, 11) is 0. The van der Waals surface area contributed by atoms with E-state index in [0.29, 0.717) is 39.8 Å². The van der Waals surface area contributed by atoms with E-state index in [2.05, 4.69) is 26.1 Å². The fourth-order valence-corrected chi connectivity index (χ4v) is 3.90. The highest BCUT2D eigenvalue weighted by molar-refractivity contribution is 6.31. The van der Waals surface area contributed by atoms with Gasteiger partial charge in [-0.25, -0.2) is 0 Å². The molecule has 0 aliphatic heterocycles. The van der Waals surface area contributed by atoms with Crippen molar-refractivity contribution >= 4 is 29.0 Å². The molecule has 36 heavy (non-hydrogen) atoms. The highest BCUT2D eigenvalue weighted by Crippen LogP contribution is 2.24. The molecule has 0 spiro atoms. The lowest BCUT2D eigenvalue weighted by Gasteiger charge is -2.19. The van der Waals surface area contributed by atoms with Gasteiger partial charge in [-0.15, -0.1) is 0 Å². The van der Waals surface area contributed by atoms with Crippen LogP contribution in [0.2, 0.25) is 5.02 Å². The first kappa shape index (κ1) is 25.2. The van der Waals surface area contributed by atoms with Crippen LogP contribution in [0.25, 0.3) is 0 Å². The molecule has 0 fully saturated rings. The largest absolute Gasteiger partial charge is 0.489 e. The molecule has 5 heteroatoms. The molecule has 0 aliphatic rings. The molecule has 182 valence electrons. The number of carbonyl (C=O) groups excluding carboxylic acids is 2. The SMILES string of the molecule is CC(C)(C)c1ccc(C(=O)c2cccc(NC(=O)c3ccc(OCc4ccccc4Cl)cc3)c2)cc1. The fourth-order valence-electron chi connectivity index (χ4n) is 3.71. The van der Waals surface area contributed by atoms with E-state index in [-0.39, 0.29) is 17.1 Å². The molecule has 0 aliphatic carbocycles. The number of ether oxygens (including phenoxy) is 1. The van der Waals surface area contributed by atoms with E-state index in [4.69, 9.17) is 16.3 Å². The van der Waals surface area contributed by atoms with E-state index in [1.807, 2.05) is 48.5 Å². The third kappa shape index (κ3) is 6.21. The molecule has 0 radical (unpaired) electrons. The first-order valence-electron chi connectivity index (χ1n) is 11.7. The Kier molecular flexibility index (Phi) is 7.56.